The van der Waals surface area contributed by atoms with Crippen molar-refractivity contribution in [2.45, 2.75) is 51.1 Å². The number of rotatable bonds is 2. The number of carbonyl (C=O) groups excluding carboxylic acids is 2. The summed E-state index contributed by atoms with van der Waals surface area (Å²) < 4.78 is 0. The Hall–Kier alpha value is -2.24. The summed E-state index contributed by atoms with van der Waals surface area (Å²) in [5.74, 6) is -0.0539. The van der Waals surface area contributed by atoms with Gasteiger partial charge in [0.25, 0.3) is 11.6 Å². The third-order valence-corrected chi connectivity index (χ3v) is 5.31. The number of carbonyl (C=O) groups is 2. The van der Waals surface area contributed by atoms with Crippen LogP contribution >= 0.6 is 0 Å². The van der Waals surface area contributed by atoms with Crippen LogP contribution in [0.4, 0.5) is 5.69 Å². The van der Waals surface area contributed by atoms with E-state index in [4.69, 9.17) is 0 Å². The third-order valence-electron chi connectivity index (χ3n) is 5.31. The van der Waals surface area contributed by atoms with E-state index in [9.17, 15) is 19.7 Å². The van der Waals surface area contributed by atoms with E-state index in [0.29, 0.717) is 12.0 Å². The largest absolute Gasteiger partial charge is 0.329 e. The number of ketones is 1. The van der Waals surface area contributed by atoms with Gasteiger partial charge in [0.1, 0.15) is 5.78 Å². The Morgan fingerprint density at radius 3 is 2.61 bits per heavy atom. The van der Waals surface area contributed by atoms with Crippen molar-refractivity contribution in [2.24, 2.45) is 5.92 Å². The van der Waals surface area contributed by atoms with Crippen LogP contribution in [0.2, 0.25) is 0 Å². The molecule has 1 aromatic rings. The van der Waals surface area contributed by atoms with E-state index in [1.54, 1.807) is 0 Å². The molecule has 6 heteroatoms. The van der Waals surface area contributed by atoms with Gasteiger partial charge in [-0.1, -0.05) is 6.92 Å². The normalized spacial score (nSPS) is 30.2. The van der Waals surface area contributed by atoms with Crippen molar-refractivity contribution >= 4 is 17.4 Å². The first-order valence-corrected chi connectivity index (χ1v) is 7.94. The third kappa shape index (κ3) is 2.52. The van der Waals surface area contributed by atoms with Gasteiger partial charge in [0, 0.05) is 41.6 Å². The highest BCUT2D eigenvalue weighted by atomic mass is 16.6. The van der Waals surface area contributed by atoms with E-state index >= 15 is 0 Å². The van der Waals surface area contributed by atoms with Gasteiger partial charge in [-0.2, -0.15) is 0 Å². The highest BCUT2D eigenvalue weighted by Gasteiger charge is 2.51. The minimum absolute atomic E-state index is 0.0323. The second kappa shape index (κ2) is 5.44. The predicted molar refractivity (Wildman–Crippen MR) is 84.1 cm³/mol. The Kier molecular flexibility index (Phi) is 3.70. The summed E-state index contributed by atoms with van der Waals surface area (Å²) in [5, 5.41) is 10.7. The second-order valence-corrected chi connectivity index (χ2v) is 6.87. The second-order valence-electron chi connectivity index (χ2n) is 6.87. The molecular formula is C17H20N2O4. The van der Waals surface area contributed by atoms with Gasteiger partial charge in [-0.15, -0.1) is 0 Å². The van der Waals surface area contributed by atoms with Crippen molar-refractivity contribution in [3.8, 4) is 0 Å². The molecule has 0 radical (unpaired) electrons. The summed E-state index contributed by atoms with van der Waals surface area (Å²) in [7, 11) is 0. The molecule has 0 spiro atoms. The molecule has 0 aromatic heterocycles. The first kappa shape index (κ1) is 15.6. The quantitative estimate of drug-likeness (QED) is 0.620. The van der Waals surface area contributed by atoms with Crippen molar-refractivity contribution in [2.75, 3.05) is 0 Å². The van der Waals surface area contributed by atoms with Gasteiger partial charge >= 0.3 is 0 Å². The number of hydrogen-bond acceptors (Lipinski definition) is 4. The Morgan fingerprint density at radius 1 is 1.35 bits per heavy atom. The fourth-order valence-electron chi connectivity index (χ4n) is 4.00. The van der Waals surface area contributed by atoms with Crippen LogP contribution in [0, 0.1) is 16.0 Å². The highest BCUT2D eigenvalue weighted by Crippen LogP contribution is 2.43. The van der Waals surface area contributed by atoms with Crippen molar-refractivity contribution in [3.05, 3.63) is 39.9 Å². The minimum atomic E-state index is -0.480. The van der Waals surface area contributed by atoms with Gasteiger partial charge < -0.3 is 4.90 Å². The molecule has 1 amide bonds. The molecular weight excluding hydrogens is 296 g/mol. The molecule has 0 N–H and O–H groups in total. The fourth-order valence-corrected chi connectivity index (χ4v) is 4.00. The summed E-state index contributed by atoms with van der Waals surface area (Å²) in [6.45, 7) is 3.88. The van der Waals surface area contributed by atoms with Crippen LogP contribution in [-0.4, -0.2) is 33.1 Å². The lowest BCUT2D eigenvalue weighted by atomic mass is 9.70. The number of piperidine rings is 2. The summed E-state index contributed by atoms with van der Waals surface area (Å²) in [4.78, 5) is 37.4. The summed E-state index contributed by atoms with van der Waals surface area (Å²) in [6.07, 6.45) is 3.06. The lowest BCUT2D eigenvalue weighted by Gasteiger charge is -2.55. The average Bonchev–Trinajstić information content (AvgIpc) is 2.52. The number of nitrogens with zero attached hydrogens (tertiary/aromatic N) is 2. The number of nitro benzene ring substituents is 1. The van der Waals surface area contributed by atoms with Gasteiger partial charge in [0.05, 0.1) is 4.92 Å². The van der Waals surface area contributed by atoms with E-state index in [0.717, 1.165) is 19.3 Å². The molecule has 0 saturated carbocycles. The summed E-state index contributed by atoms with van der Waals surface area (Å²) >= 11 is 0. The molecule has 2 saturated heterocycles. The zero-order chi connectivity index (χ0) is 16.8. The zero-order valence-electron chi connectivity index (χ0n) is 13.3. The lowest BCUT2D eigenvalue weighted by molar-refractivity contribution is -0.384. The van der Waals surface area contributed by atoms with Gasteiger partial charge in [-0.05, 0) is 38.3 Å². The molecule has 0 unspecified atom stereocenters. The molecule has 1 aromatic carbocycles. The Balaban J connectivity index is 1.94. The maximum Gasteiger partial charge on any atom is 0.269 e. The minimum Gasteiger partial charge on any atom is -0.329 e. The van der Waals surface area contributed by atoms with Crippen molar-refractivity contribution in [1.82, 2.24) is 4.90 Å². The lowest BCUT2D eigenvalue weighted by Crippen LogP contribution is -2.64. The Labute approximate surface area is 134 Å². The van der Waals surface area contributed by atoms with E-state index in [1.807, 2.05) is 18.7 Å². The first-order chi connectivity index (χ1) is 10.8. The molecule has 23 heavy (non-hydrogen) atoms. The van der Waals surface area contributed by atoms with Crippen LogP contribution < -0.4 is 0 Å². The van der Waals surface area contributed by atoms with Crippen LogP contribution in [0.3, 0.4) is 0 Å². The topological polar surface area (TPSA) is 80.5 Å². The molecule has 6 nitrogen and oxygen atoms in total. The van der Waals surface area contributed by atoms with Crippen LogP contribution in [0.5, 0.6) is 0 Å². The fraction of sp³-hybridized carbons (Fsp3) is 0.529. The van der Waals surface area contributed by atoms with Crippen molar-refractivity contribution in [3.63, 3.8) is 0 Å². The number of Topliss-reactive ketones (excluding diaryl/α,β-unsaturated/α-hetero) is 1. The van der Waals surface area contributed by atoms with Gasteiger partial charge in [0.15, 0.2) is 0 Å². The standard InChI is InChI=1S/C17H20N2O4/c1-11-14-4-3-9-17(2,10-15(11)20)18(14)16(21)12-5-7-13(8-6-12)19(22)23/h5-8,11,14H,3-4,9-10H2,1-2H3/t11-,14+,17-/m1/s1. The number of benzene rings is 1. The van der Waals surface area contributed by atoms with Gasteiger partial charge in [0.2, 0.25) is 0 Å². The molecule has 3 rings (SSSR count). The van der Waals surface area contributed by atoms with E-state index in [2.05, 4.69) is 0 Å². The van der Waals surface area contributed by atoms with E-state index < -0.39 is 10.5 Å². The van der Waals surface area contributed by atoms with Gasteiger partial charge in [-0.3, -0.25) is 19.7 Å². The maximum absolute atomic E-state index is 13.0. The van der Waals surface area contributed by atoms with Crippen molar-refractivity contribution in [1.29, 1.82) is 0 Å². The molecule has 2 fully saturated rings. The van der Waals surface area contributed by atoms with Crippen LogP contribution in [0.15, 0.2) is 24.3 Å². The number of hydrogen-bond donors (Lipinski definition) is 0. The molecule has 2 heterocycles. The molecule has 2 aliphatic heterocycles. The molecule has 122 valence electrons. The Morgan fingerprint density at radius 2 is 2.00 bits per heavy atom. The smallest absolute Gasteiger partial charge is 0.269 e. The predicted octanol–water partition coefficient (Wildman–Crippen LogP) is 2.96. The first-order valence-electron chi connectivity index (χ1n) is 7.94. The number of non-ortho nitro benzene ring substituents is 1. The van der Waals surface area contributed by atoms with E-state index in [1.165, 1.54) is 24.3 Å². The van der Waals surface area contributed by atoms with Gasteiger partial charge in [-0.25, -0.2) is 0 Å². The number of amides is 1. The monoisotopic (exact) mass is 316 g/mol. The summed E-state index contributed by atoms with van der Waals surface area (Å²) in [5.41, 5.74) is -0.0313. The Bertz CT molecular complexity index is 670. The summed E-state index contributed by atoms with van der Waals surface area (Å²) in [6, 6.07) is 5.63. The maximum atomic E-state index is 13.0. The number of nitro groups is 1. The zero-order valence-corrected chi connectivity index (χ0v) is 13.3. The highest BCUT2D eigenvalue weighted by molar-refractivity contribution is 5.97. The molecule has 3 atom stereocenters. The van der Waals surface area contributed by atoms with E-state index in [-0.39, 0.29) is 29.3 Å². The van der Waals surface area contributed by atoms with Crippen molar-refractivity contribution < 1.29 is 14.5 Å². The van der Waals surface area contributed by atoms with Crippen LogP contribution in [0.1, 0.15) is 49.9 Å². The average molecular weight is 316 g/mol. The van der Waals surface area contributed by atoms with Crippen LogP contribution in [-0.2, 0) is 4.79 Å². The molecule has 0 aliphatic carbocycles. The SMILES string of the molecule is C[C@H]1C(=O)C[C@@]2(C)CCC[C@@H]1N2C(=O)c1ccc([N+](=O)[O-])cc1. The molecule has 2 bridgehead atoms. The molecule has 2 aliphatic rings. The van der Waals surface area contributed by atoms with Crippen LogP contribution in [0.25, 0.3) is 0 Å². The number of fused-ring (bicyclic) bond motifs is 2.